The molecule has 2 aromatic rings. The Hall–Kier alpha value is -3.55. The molecule has 0 saturated carbocycles. The van der Waals surface area contributed by atoms with Crippen LogP contribution < -0.4 is 25.2 Å². The Morgan fingerprint density at radius 2 is 1.81 bits per heavy atom. The molecule has 0 radical (unpaired) electrons. The highest BCUT2D eigenvalue weighted by Gasteiger charge is 2.35. The normalized spacial score (nSPS) is 15.5. The highest BCUT2D eigenvalue weighted by Crippen LogP contribution is 2.28. The molecule has 0 spiro atoms. The summed E-state index contributed by atoms with van der Waals surface area (Å²) in [7, 11) is 1.49. The van der Waals surface area contributed by atoms with E-state index < -0.39 is 17.7 Å². The van der Waals surface area contributed by atoms with E-state index in [2.05, 4.69) is 17.8 Å². The maximum Gasteiger partial charge on any atom is 0.269 e. The zero-order chi connectivity index (χ0) is 22.4. The molecule has 1 aliphatic rings. The molecule has 3 rings (SSSR count). The van der Waals surface area contributed by atoms with E-state index in [1.165, 1.54) is 18.7 Å². The molecule has 1 saturated heterocycles. The van der Waals surface area contributed by atoms with Crippen molar-refractivity contribution in [2.24, 2.45) is 5.92 Å². The summed E-state index contributed by atoms with van der Waals surface area (Å²) in [6.07, 6.45) is 1.01. The van der Waals surface area contributed by atoms with Crippen molar-refractivity contribution in [1.82, 2.24) is 10.9 Å². The van der Waals surface area contributed by atoms with E-state index in [0.717, 1.165) is 12.1 Å². The van der Waals surface area contributed by atoms with Gasteiger partial charge in [-0.1, -0.05) is 19.1 Å². The number of ether oxygens (including phenoxy) is 2. The van der Waals surface area contributed by atoms with Crippen LogP contribution in [0.15, 0.2) is 42.5 Å². The van der Waals surface area contributed by atoms with Crippen LogP contribution in [-0.4, -0.2) is 38.0 Å². The van der Waals surface area contributed by atoms with Crippen LogP contribution >= 0.6 is 0 Å². The maximum atomic E-state index is 12.5. The lowest BCUT2D eigenvalue weighted by Crippen LogP contribution is -2.45. The minimum atomic E-state index is -0.548. The summed E-state index contributed by atoms with van der Waals surface area (Å²) >= 11 is 0. The Kier molecular flexibility index (Phi) is 7.12. The fourth-order valence-electron chi connectivity index (χ4n) is 3.42. The number of nitrogens with one attached hydrogen (secondary N) is 2. The van der Waals surface area contributed by atoms with E-state index in [0.29, 0.717) is 23.7 Å². The molecule has 8 nitrogen and oxygen atoms in total. The first-order valence-electron chi connectivity index (χ1n) is 10.3. The SMILES string of the molecule is CCOc1ccc(C(=O)NNC(=O)C2CC(=O)N(c3ccc(CC)cc3)C2)cc1OC. The smallest absolute Gasteiger partial charge is 0.269 e. The van der Waals surface area contributed by atoms with Crippen molar-refractivity contribution in [3.63, 3.8) is 0 Å². The molecule has 1 heterocycles. The Balaban J connectivity index is 1.58. The van der Waals surface area contributed by atoms with Gasteiger partial charge in [-0.15, -0.1) is 0 Å². The van der Waals surface area contributed by atoms with Gasteiger partial charge in [-0.05, 0) is 49.2 Å². The number of nitrogens with zero attached hydrogens (tertiary/aromatic N) is 1. The molecule has 0 aliphatic carbocycles. The Bertz CT molecular complexity index is 958. The molecule has 1 unspecified atom stereocenters. The fourth-order valence-corrected chi connectivity index (χ4v) is 3.42. The van der Waals surface area contributed by atoms with Crippen LogP contribution in [0.3, 0.4) is 0 Å². The first kappa shape index (κ1) is 22.1. The number of methoxy groups -OCH3 is 1. The second-order valence-electron chi connectivity index (χ2n) is 7.17. The zero-order valence-electron chi connectivity index (χ0n) is 17.9. The zero-order valence-corrected chi connectivity index (χ0v) is 17.9. The molecule has 0 bridgehead atoms. The first-order chi connectivity index (χ1) is 15.0. The number of anilines is 1. The van der Waals surface area contributed by atoms with Crippen LogP contribution in [0.5, 0.6) is 11.5 Å². The van der Waals surface area contributed by atoms with E-state index in [4.69, 9.17) is 9.47 Å². The molecule has 3 amide bonds. The van der Waals surface area contributed by atoms with Gasteiger partial charge in [-0.25, -0.2) is 0 Å². The summed E-state index contributed by atoms with van der Waals surface area (Å²) in [5.74, 6) is -0.618. The van der Waals surface area contributed by atoms with Crippen LogP contribution in [0, 0.1) is 5.92 Å². The van der Waals surface area contributed by atoms with E-state index >= 15 is 0 Å². The summed E-state index contributed by atoms with van der Waals surface area (Å²) in [6.45, 7) is 4.65. The number of hydrazine groups is 1. The lowest BCUT2D eigenvalue weighted by Gasteiger charge is -2.17. The molecule has 31 heavy (non-hydrogen) atoms. The summed E-state index contributed by atoms with van der Waals surface area (Å²) < 4.78 is 10.7. The number of rotatable bonds is 7. The summed E-state index contributed by atoms with van der Waals surface area (Å²) in [4.78, 5) is 38.9. The van der Waals surface area contributed by atoms with Gasteiger partial charge in [0.2, 0.25) is 11.8 Å². The van der Waals surface area contributed by atoms with Crippen molar-refractivity contribution in [3.05, 3.63) is 53.6 Å². The van der Waals surface area contributed by atoms with E-state index in [1.54, 1.807) is 17.0 Å². The van der Waals surface area contributed by atoms with Crippen LogP contribution in [0.2, 0.25) is 0 Å². The first-order valence-corrected chi connectivity index (χ1v) is 10.3. The second kappa shape index (κ2) is 9.97. The molecular weight excluding hydrogens is 398 g/mol. The largest absolute Gasteiger partial charge is 0.493 e. The Labute approximate surface area is 181 Å². The molecule has 8 heteroatoms. The van der Waals surface area contributed by atoms with E-state index in [-0.39, 0.29) is 18.9 Å². The molecule has 1 atom stereocenters. The molecule has 164 valence electrons. The average molecular weight is 425 g/mol. The van der Waals surface area contributed by atoms with Crippen LogP contribution in [0.1, 0.15) is 36.2 Å². The number of amides is 3. The summed E-state index contributed by atoms with van der Waals surface area (Å²) in [6, 6.07) is 12.5. The van der Waals surface area contributed by atoms with Gasteiger partial charge in [0.1, 0.15) is 0 Å². The van der Waals surface area contributed by atoms with Gasteiger partial charge < -0.3 is 14.4 Å². The number of aryl methyl sites for hydroxylation is 1. The van der Waals surface area contributed by atoms with E-state index in [1.807, 2.05) is 31.2 Å². The van der Waals surface area contributed by atoms with Gasteiger partial charge in [-0.2, -0.15) is 0 Å². The van der Waals surface area contributed by atoms with Gasteiger partial charge in [-0.3, -0.25) is 25.2 Å². The lowest BCUT2D eigenvalue weighted by molar-refractivity contribution is -0.126. The minimum absolute atomic E-state index is 0.0914. The topological polar surface area (TPSA) is 97.0 Å². The predicted octanol–water partition coefficient (Wildman–Crippen LogP) is 2.47. The van der Waals surface area contributed by atoms with Crippen molar-refractivity contribution in [2.45, 2.75) is 26.7 Å². The van der Waals surface area contributed by atoms with Gasteiger partial charge in [0, 0.05) is 24.2 Å². The number of hydrogen-bond acceptors (Lipinski definition) is 5. The van der Waals surface area contributed by atoms with Gasteiger partial charge in [0.05, 0.1) is 19.6 Å². The van der Waals surface area contributed by atoms with Crippen molar-refractivity contribution < 1.29 is 23.9 Å². The van der Waals surface area contributed by atoms with Crippen molar-refractivity contribution in [1.29, 1.82) is 0 Å². The van der Waals surface area contributed by atoms with Crippen molar-refractivity contribution >= 4 is 23.4 Å². The summed E-state index contributed by atoms with van der Waals surface area (Å²) in [5, 5.41) is 0. The van der Waals surface area contributed by atoms with Crippen molar-refractivity contribution in [3.8, 4) is 11.5 Å². The molecular formula is C23H27N3O5. The highest BCUT2D eigenvalue weighted by atomic mass is 16.5. The standard InChI is InChI=1S/C23H27N3O5/c1-4-15-6-9-18(10-7-15)26-14-17(13-21(26)27)23(29)25-24-22(28)16-8-11-19(31-5-2)20(12-16)30-3/h6-12,17H,4-5,13-14H2,1-3H3,(H,24,28)(H,25,29). The number of carbonyl (C=O) groups excluding carboxylic acids is 3. The second-order valence-corrected chi connectivity index (χ2v) is 7.17. The number of carbonyl (C=O) groups is 3. The predicted molar refractivity (Wildman–Crippen MR) is 116 cm³/mol. The average Bonchev–Trinajstić information content (AvgIpc) is 3.19. The molecule has 2 N–H and O–H groups in total. The van der Waals surface area contributed by atoms with E-state index in [9.17, 15) is 14.4 Å². The lowest BCUT2D eigenvalue weighted by atomic mass is 10.1. The third-order valence-corrected chi connectivity index (χ3v) is 5.18. The van der Waals surface area contributed by atoms with Gasteiger partial charge >= 0.3 is 0 Å². The third-order valence-electron chi connectivity index (χ3n) is 5.18. The maximum absolute atomic E-state index is 12.5. The van der Waals surface area contributed by atoms with Gasteiger partial charge in [0.25, 0.3) is 5.91 Å². The van der Waals surface area contributed by atoms with Crippen LogP contribution in [-0.2, 0) is 16.0 Å². The fraction of sp³-hybridized carbons (Fsp3) is 0.348. The highest BCUT2D eigenvalue weighted by molar-refractivity contribution is 6.01. The van der Waals surface area contributed by atoms with Crippen molar-refractivity contribution in [2.75, 3.05) is 25.2 Å². The number of hydrogen-bond donors (Lipinski definition) is 2. The number of benzene rings is 2. The minimum Gasteiger partial charge on any atom is -0.493 e. The molecule has 1 aliphatic heterocycles. The monoisotopic (exact) mass is 425 g/mol. The molecule has 0 aromatic heterocycles. The van der Waals surface area contributed by atoms with Crippen LogP contribution in [0.4, 0.5) is 5.69 Å². The quantitative estimate of drug-likeness (QED) is 0.665. The Morgan fingerprint density at radius 1 is 1.06 bits per heavy atom. The Morgan fingerprint density at radius 3 is 2.45 bits per heavy atom. The molecule has 2 aromatic carbocycles. The summed E-state index contributed by atoms with van der Waals surface area (Å²) in [5.41, 5.74) is 7.07. The van der Waals surface area contributed by atoms with Gasteiger partial charge in [0.15, 0.2) is 11.5 Å². The molecule has 1 fully saturated rings. The van der Waals surface area contributed by atoms with Crippen LogP contribution in [0.25, 0.3) is 0 Å². The third kappa shape index (κ3) is 5.14.